The Labute approximate surface area is 117 Å². The van der Waals surface area contributed by atoms with E-state index in [1.54, 1.807) is 0 Å². The van der Waals surface area contributed by atoms with E-state index in [4.69, 9.17) is 0 Å². The SMILES string of the molecule is CC(C)[C@H]1CC[C@@](C)(O)[C@H](NCc2ccccc2)C1. The highest BCUT2D eigenvalue weighted by Crippen LogP contribution is 2.35. The van der Waals surface area contributed by atoms with E-state index >= 15 is 0 Å². The Kier molecular flexibility index (Phi) is 4.64. The zero-order chi connectivity index (χ0) is 13.9. The van der Waals surface area contributed by atoms with Gasteiger partial charge in [-0.3, -0.25) is 0 Å². The van der Waals surface area contributed by atoms with Crippen LogP contribution in [0, 0.1) is 11.8 Å². The molecule has 1 fully saturated rings. The molecule has 0 aliphatic heterocycles. The second-order valence-electron chi connectivity index (χ2n) is 6.55. The summed E-state index contributed by atoms with van der Waals surface area (Å²) in [5, 5.41) is 14.1. The smallest absolute Gasteiger partial charge is 0.0772 e. The van der Waals surface area contributed by atoms with E-state index in [0.29, 0.717) is 5.92 Å². The van der Waals surface area contributed by atoms with Gasteiger partial charge in [0, 0.05) is 12.6 Å². The molecule has 0 amide bonds. The highest BCUT2D eigenvalue weighted by atomic mass is 16.3. The molecule has 19 heavy (non-hydrogen) atoms. The second kappa shape index (κ2) is 6.06. The molecule has 1 saturated carbocycles. The third-order valence-electron chi connectivity index (χ3n) is 4.65. The maximum Gasteiger partial charge on any atom is 0.0772 e. The van der Waals surface area contributed by atoms with Crippen molar-refractivity contribution in [2.24, 2.45) is 11.8 Å². The summed E-state index contributed by atoms with van der Waals surface area (Å²) in [6, 6.07) is 10.6. The van der Waals surface area contributed by atoms with Crippen LogP contribution in [-0.4, -0.2) is 16.7 Å². The lowest BCUT2D eigenvalue weighted by molar-refractivity contribution is -0.0309. The summed E-state index contributed by atoms with van der Waals surface area (Å²) in [6.07, 6.45) is 3.13. The van der Waals surface area contributed by atoms with Crippen molar-refractivity contribution in [2.45, 2.75) is 58.2 Å². The molecule has 2 N–H and O–H groups in total. The minimum Gasteiger partial charge on any atom is -0.389 e. The molecule has 0 aromatic heterocycles. The highest BCUT2D eigenvalue weighted by molar-refractivity contribution is 5.14. The molecule has 3 atom stereocenters. The molecular weight excluding hydrogens is 234 g/mol. The summed E-state index contributed by atoms with van der Waals surface area (Å²) < 4.78 is 0. The van der Waals surface area contributed by atoms with Gasteiger partial charge in [0.25, 0.3) is 0 Å². The van der Waals surface area contributed by atoms with Gasteiger partial charge >= 0.3 is 0 Å². The fourth-order valence-electron chi connectivity index (χ4n) is 3.07. The lowest BCUT2D eigenvalue weighted by atomic mass is 9.72. The molecule has 0 saturated heterocycles. The van der Waals surface area contributed by atoms with Crippen molar-refractivity contribution >= 4 is 0 Å². The number of hydrogen-bond donors (Lipinski definition) is 2. The van der Waals surface area contributed by atoms with Crippen LogP contribution in [0.15, 0.2) is 30.3 Å². The molecule has 1 aromatic rings. The summed E-state index contributed by atoms with van der Waals surface area (Å²) in [7, 11) is 0. The highest BCUT2D eigenvalue weighted by Gasteiger charge is 2.38. The first-order valence-corrected chi connectivity index (χ1v) is 7.49. The Morgan fingerprint density at radius 2 is 2.00 bits per heavy atom. The predicted octanol–water partition coefficient (Wildman–Crippen LogP) is 3.35. The fourth-order valence-corrected chi connectivity index (χ4v) is 3.07. The molecule has 106 valence electrons. The van der Waals surface area contributed by atoms with Gasteiger partial charge in [-0.25, -0.2) is 0 Å². The Bertz CT molecular complexity index is 386. The van der Waals surface area contributed by atoms with Crippen LogP contribution in [0.3, 0.4) is 0 Å². The van der Waals surface area contributed by atoms with Gasteiger partial charge in [0.1, 0.15) is 0 Å². The quantitative estimate of drug-likeness (QED) is 0.871. The normalized spacial score (nSPS) is 31.6. The van der Waals surface area contributed by atoms with Crippen LogP contribution >= 0.6 is 0 Å². The topological polar surface area (TPSA) is 32.3 Å². The standard InChI is InChI=1S/C17H27NO/c1-13(2)15-9-10-17(3,19)16(11-15)18-12-14-7-5-4-6-8-14/h4-8,13,15-16,18-19H,9-12H2,1-3H3/t15-,16+,17+/m0/s1. The summed E-state index contributed by atoms with van der Waals surface area (Å²) in [6.45, 7) is 7.40. The van der Waals surface area contributed by atoms with E-state index in [9.17, 15) is 5.11 Å². The van der Waals surface area contributed by atoms with E-state index in [1.807, 2.05) is 13.0 Å². The number of hydrogen-bond acceptors (Lipinski definition) is 2. The zero-order valence-corrected chi connectivity index (χ0v) is 12.4. The summed E-state index contributed by atoms with van der Waals surface area (Å²) in [5.74, 6) is 1.44. The van der Waals surface area contributed by atoms with Crippen LogP contribution < -0.4 is 5.32 Å². The molecule has 0 bridgehead atoms. The van der Waals surface area contributed by atoms with Crippen molar-refractivity contribution in [3.8, 4) is 0 Å². The van der Waals surface area contributed by atoms with Crippen LogP contribution in [0.4, 0.5) is 0 Å². The first-order chi connectivity index (χ1) is 8.99. The van der Waals surface area contributed by atoms with Crippen molar-refractivity contribution in [2.75, 3.05) is 0 Å². The van der Waals surface area contributed by atoms with Gasteiger partial charge in [0.2, 0.25) is 0 Å². The van der Waals surface area contributed by atoms with Gasteiger partial charge < -0.3 is 10.4 Å². The average Bonchev–Trinajstić information content (AvgIpc) is 2.38. The molecule has 0 heterocycles. The Morgan fingerprint density at radius 3 is 2.63 bits per heavy atom. The molecule has 1 aliphatic rings. The van der Waals surface area contributed by atoms with Crippen molar-refractivity contribution < 1.29 is 5.11 Å². The first-order valence-electron chi connectivity index (χ1n) is 7.49. The van der Waals surface area contributed by atoms with Crippen LogP contribution in [0.25, 0.3) is 0 Å². The molecule has 2 nitrogen and oxygen atoms in total. The maximum absolute atomic E-state index is 10.5. The maximum atomic E-state index is 10.5. The van der Waals surface area contributed by atoms with Crippen molar-refractivity contribution in [1.82, 2.24) is 5.32 Å². The summed E-state index contributed by atoms with van der Waals surface area (Å²) >= 11 is 0. The molecule has 0 spiro atoms. The van der Waals surface area contributed by atoms with E-state index in [-0.39, 0.29) is 6.04 Å². The van der Waals surface area contributed by atoms with Gasteiger partial charge in [-0.05, 0) is 43.6 Å². The number of aliphatic hydroxyl groups is 1. The fraction of sp³-hybridized carbons (Fsp3) is 0.647. The van der Waals surface area contributed by atoms with Crippen LogP contribution in [0.2, 0.25) is 0 Å². The van der Waals surface area contributed by atoms with Crippen molar-refractivity contribution in [1.29, 1.82) is 0 Å². The Balaban J connectivity index is 1.96. The summed E-state index contributed by atoms with van der Waals surface area (Å²) in [4.78, 5) is 0. The third kappa shape index (κ3) is 3.80. The third-order valence-corrected chi connectivity index (χ3v) is 4.65. The Hall–Kier alpha value is -0.860. The largest absolute Gasteiger partial charge is 0.389 e. The van der Waals surface area contributed by atoms with Gasteiger partial charge in [-0.15, -0.1) is 0 Å². The molecule has 0 radical (unpaired) electrons. The summed E-state index contributed by atoms with van der Waals surface area (Å²) in [5.41, 5.74) is 0.713. The second-order valence-corrected chi connectivity index (χ2v) is 6.55. The van der Waals surface area contributed by atoms with Crippen molar-refractivity contribution in [3.05, 3.63) is 35.9 Å². The van der Waals surface area contributed by atoms with Crippen LogP contribution in [0.5, 0.6) is 0 Å². The average molecular weight is 261 g/mol. The minimum absolute atomic E-state index is 0.203. The van der Waals surface area contributed by atoms with E-state index < -0.39 is 5.60 Å². The lowest BCUT2D eigenvalue weighted by Gasteiger charge is -2.42. The molecule has 1 aliphatic carbocycles. The number of benzene rings is 1. The van der Waals surface area contributed by atoms with E-state index in [0.717, 1.165) is 31.7 Å². The molecule has 2 heteroatoms. The predicted molar refractivity (Wildman–Crippen MR) is 79.9 cm³/mol. The van der Waals surface area contributed by atoms with Crippen LogP contribution in [-0.2, 0) is 6.54 Å². The molecule has 1 aromatic carbocycles. The van der Waals surface area contributed by atoms with Crippen LogP contribution in [0.1, 0.15) is 45.6 Å². The van der Waals surface area contributed by atoms with Gasteiger partial charge in [-0.2, -0.15) is 0 Å². The monoisotopic (exact) mass is 261 g/mol. The molecular formula is C17H27NO. The lowest BCUT2D eigenvalue weighted by Crippen LogP contribution is -2.52. The van der Waals surface area contributed by atoms with Gasteiger partial charge in [0.05, 0.1) is 5.60 Å². The van der Waals surface area contributed by atoms with Gasteiger partial charge in [-0.1, -0.05) is 44.2 Å². The zero-order valence-electron chi connectivity index (χ0n) is 12.4. The molecule has 2 rings (SSSR count). The Morgan fingerprint density at radius 1 is 1.32 bits per heavy atom. The number of rotatable bonds is 4. The first kappa shape index (κ1) is 14.5. The minimum atomic E-state index is -0.569. The van der Waals surface area contributed by atoms with Crippen molar-refractivity contribution in [3.63, 3.8) is 0 Å². The molecule has 0 unspecified atom stereocenters. The van der Waals surface area contributed by atoms with E-state index in [1.165, 1.54) is 5.56 Å². The number of nitrogens with one attached hydrogen (secondary N) is 1. The van der Waals surface area contributed by atoms with E-state index in [2.05, 4.69) is 43.4 Å². The van der Waals surface area contributed by atoms with Gasteiger partial charge in [0.15, 0.2) is 0 Å².